The summed E-state index contributed by atoms with van der Waals surface area (Å²) in [6, 6.07) is 9.69. The van der Waals surface area contributed by atoms with E-state index in [0.717, 1.165) is 28.2 Å². The average molecular weight is 369 g/mol. The Labute approximate surface area is 153 Å². The monoisotopic (exact) mass is 369 g/mol. The normalized spacial score (nSPS) is 11.0. The van der Waals surface area contributed by atoms with Crippen LogP contribution in [0.5, 0.6) is 0 Å². The van der Waals surface area contributed by atoms with Gasteiger partial charge >= 0.3 is 5.97 Å². The number of aromatic nitrogens is 2. The van der Waals surface area contributed by atoms with Gasteiger partial charge in [-0.2, -0.15) is 0 Å². The third-order valence-electron chi connectivity index (χ3n) is 3.42. The smallest absolute Gasteiger partial charge is 0.350 e. The second kappa shape index (κ2) is 7.75. The fraction of sp³-hybridized carbons (Fsp3) is 0.111. The summed E-state index contributed by atoms with van der Waals surface area (Å²) in [6.07, 6.45) is 5.00. The highest BCUT2D eigenvalue weighted by Gasteiger charge is 2.14. The molecule has 0 radical (unpaired) electrons. The van der Waals surface area contributed by atoms with Crippen molar-refractivity contribution < 1.29 is 18.8 Å². The maximum atomic E-state index is 11.8. The number of rotatable bonds is 6. The molecule has 2 aromatic heterocycles. The van der Waals surface area contributed by atoms with Crippen molar-refractivity contribution in [2.24, 2.45) is 5.73 Å². The fourth-order valence-corrected chi connectivity index (χ4v) is 2.92. The Morgan fingerprint density at radius 1 is 1.27 bits per heavy atom. The number of hydrogen-bond acceptors (Lipinski definition) is 7. The third kappa shape index (κ3) is 4.04. The minimum atomic E-state index is -0.709. The largest absolute Gasteiger partial charge is 0.451 e. The van der Waals surface area contributed by atoms with Crippen LogP contribution in [-0.4, -0.2) is 28.6 Å². The Hall–Kier alpha value is -3.26. The molecule has 7 nitrogen and oxygen atoms in total. The Morgan fingerprint density at radius 3 is 2.77 bits per heavy atom. The zero-order valence-corrected chi connectivity index (χ0v) is 14.7. The molecule has 0 saturated heterocycles. The van der Waals surface area contributed by atoms with Crippen LogP contribution < -0.4 is 5.73 Å². The number of primary amides is 1. The first-order valence-corrected chi connectivity index (χ1v) is 8.47. The second-order valence-electron chi connectivity index (χ2n) is 5.31. The zero-order chi connectivity index (χ0) is 18.5. The molecule has 0 atom stereocenters. The van der Waals surface area contributed by atoms with Gasteiger partial charge in [0.2, 0.25) is 0 Å². The zero-order valence-electron chi connectivity index (χ0n) is 13.8. The van der Waals surface area contributed by atoms with Gasteiger partial charge in [0.15, 0.2) is 6.61 Å². The molecule has 1 aromatic carbocycles. The molecule has 0 spiro atoms. The number of nitrogens with two attached hydrogens (primary N) is 1. The van der Waals surface area contributed by atoms with Gasteiger partial charge in [-0.05, 0) is 19.1 Å². The van der Waals surface area contributed by atoms with Gasteiger partial charge in [-0.25, -0.2) is 9.78 Å². The Morgan fingerprint density at radius 2 is 2.04 bits per heavy atom. The molecule has 0 aliphatic heterocycles. The van der Waals surface area contributed by atoms with Gasteiger partial charge in [-0.15, -0.1) is 11.3 Å². The van der Waals surface area contributed by atoms with E-state index in [2.05, 4.69) is 10.1 Å². The summed E-state index contributed by atoms with van der Waals surface area (Å²) in [4.78, 5) is 26.9. The lowest BCUT2D eigenvalue weighted by atomic mass is 10.1. The lowest BCUT2D eigenvalue weighted by Crippen LogP contribution is -2.20. The average Bonchev–Trinajstić information content (AvgIpc) is 3.25. The topological polar surface area (TPSA) is 108 Å². The van der Waals surface area contributed by atoms with Gasteiger partial charge in [0.1, 0.15) is 21.3 Å². The molecule has 0 aliphatic carbocycles. The summed E-state index contributed by atoms with van der Waals surface area (Å²) >= 11 is 1.15. The number of aryl methyl sites for hydroxylation is 1. The van der Waals surface area contributed by atoms with Crippen LogP contribution >= 0.6 is 11.3 Å². The standard InChI is InChI=1S/C18H15N3O4S/c1-11-13(17(21-25-11)12-5-3-2-4-6-12)7-8-16-20-9-14(26-16)18(23)24-10-15(19)22/h2-9H,10H2,1H3,(H2,19,22). The molecule has 8 heteroatoms. The summed E-state index contributed by atoms with van der Waals surface area (Å²) < 4.78 is 10.1. The van der Waals surface area contributed by atoms with Crippen LogP contribution in [0.4, 0.5) is 0 Å². The number of thiazole rings is 1. The summed E-state index contributed by atoms with van der Waals surface area (Å²) in [5.41, 5.74) is 7.46. The quantitative estimate of drug-likeness (QED) is 0.669. The highest BCUT2D eigenvalue weighted by molar-refractivity contribution is 7.14. The Balaban J connectivity index is 1.78. The molecule has 2 heterocycles. The van der Waals surface area contributed by atoms with Crippen LogP contribution in [0.1, 0.15) is 26.0 Å². The third-order valence-corrected chi connectivity index (χ3v) is 4.36. The molecule has 0 aliphatic rings. The second-order valence-corrected chi connectivity index (χ2v) is 6.37. The molecule has 3 aromatic rings. The van der Waals surface area contributed by atoms with Crippen molar-refractivity contribution in [2.75, 3.05) is 6.61 Å². The minimum absolute atomic E-state index is 0.288. The molecule has 0 saturated carbocycles. The SMILES string of the molecule is Cc1onc(-c2ccccc2)c1C=Cc1ncc(C(=O)OCC(N)=O)s1. The Kier molecular flexibility index (Phi) is 5.23. The van der Waals surface area contributed by atoms with Crippen LogP contribution in [-0.2, 0) is 9.53 Å². The molecular formula is C18H15N3O4S. The van der Waals surface area contributed by atoms with Crippen molar-refractivity contribution in [1.82, 2.24) is 10.1 Å². The van der Waals surface area contributed by atoms with Crippen LogP contribution in [0.2, 0.25) is 0 Å². The number of ether oxygens (including phenoxy) is 1. The number of esters is 1. The van der Waals surface area contributed by atoms with Crippen LogP contribution in [0.15, 0.2) is 41.1 Å². The summed E-state index contributed by atoms with van der Waals surface area (Å²) in [5.74, 6) is -0.663. The van der Waals surface area contributed by atoms with Crippen molar-refractivity contribution >= 4 is 35.4 Å². The number of benzene rings is 1. The van der Waals surface area contributed by atoms with Crippen LogP contribution in [0, 0.1) is 6.92 Å². The molecular weight excluding hydrogens is 354 g/mol. The number of hydrogen-bond donors (Lipinski definition) is 1. The highest BCUT2D eigenvalue weighted by atomic mass is 32.1. The number of carbonyl (C=O) groups is 2. The predicted octanol–water partition coefficient (Wildman–Crippen LogP) is 2.92. The maximum absolute atomic E-state index is 11.8. The molecule has 0 fully saturated rings. The van der Waals surface area contributed by atoms with E-state index in [-0.39, 0.29) is 4.88 Å². The lowest BCUT2D eigenvalue weighted by molar-refractivity contribution is -0.121. The van der Waals surface area contributed by atoms with E-state index >= 15 is 0 Å². The van der Waals surface area contributed by atoms with Gasteiger partial charge in [0.05, 0.1) is 6.20 Å². The fourth-order valence-electron chi connectivity index (χ4n) is 2.20. The van der Waals surface area contributed by atoms with Gasteiger partial charge in [-0.1, -0.05) is 35.5 Å². The van der Waals surface area contributed by atoms with Gasteiger partial charge in [0, 0.05) is 11.1 Å². The predicted molar refractivity (Wildman–Crippen MR) is 97.2 cm³/mol. The first-order chi connectivity index (χ1) is 12.5. The summed E-state index contributed by atoms with van der Waals surface area (Å²) in [5, 5.41) is 4.72. The number of nitrogens with zero attached hydrogens (tertiary/aromatic N) is 2. The van der Waals surface area contributed by atoms with E-state index < -0.39 is 18.5 Å². The van der Waals surface area contributed by atoms with E-state index in [1.807, 2.05) is 43.3 Å². The molecule has 3 rings (SSSR count). The van der Waals surface area contributed by atoms with E-state index in [4.69, 9.17) is 15.0 Å². The van der Waals surface area contributed by atoms with Gasteiger partial charge < -0.3 is 15.0 Å². The lowest BCUT2D eigenvalue weighted by Gasteiger charge is -1.98. The van der Waals surface area contributed by atoms with Crippen LogP contribution in [0.3, 0.4) is 0 Å². The van der Waals surface area contributed by atoms with Crippen molar-refractivity contribution in [2.45, 2.75) is 6.92 Å². The molecule has 132 valence electrons. The molecule has 26 heavy (non-hydrogen) atoms. The highest BCUT2D eigenvalue weighted by Crippen LogP contribution is 2.27. The first kappa shape index (κ1) is 17.6. The van der Waals surface area contributed by atoms with Crippen molar-refractivity contribution in [3.05, 3.63) is 57.7 Å². The van der Waals surface area contributed by atoms with Crippen LogP contribution in [0.25, 0.3) is 23.4 Å². The van der Waals surface area contributed by atoms with E-state index in [1.54, 1.807) is 6.08 Å². The van der Waals surface area contributed by atoms with E-state index in [0.29, 0.717) is 10.8 Å². The molecule has 1 amide bonds. The summed E-state index contributed by atoms with van der Waals surface area (Å²) in [7, 11) is 0. The number of amides is 1. The van der Waals surface area contributed by atoms with Crippen molar-refractivity contribution in [3.8, 4) is 11.3 Å². The van der Waals surface area contributed by atoms with E-state index in [9.17, 15) is 9.59 Å². The maximum Gasteiger partial charge on any atom is 0.350 e. The van der Waals surface area contributed by atoms with Gasteiger partial charge in [0.25, 0.3) is 5.91 Å². The first-order valence-electron chi connectivity index (χ1n) is 7.65. The molecule has 0 bridgehead atoms. The minimum Gasteiger partial charge on any atom is -0.451 e. The van der Waals surface area contributed by atoms with Gasteiger partial charge in [-0.3, -0.25) is 4.79 Å². The molecule has 0 unspecified atom stereocenters. The van der Waals surface area contributed by atoms with Crippen molar-refractivity contribution in [3.63, 3.8) is 0 Å². The van der Waals surface area contributed by atoms with E-state index in [1.165, 1.54) is 6.20 Å². The Bertz CT molecular complexity index is 960. The number of carbonyl (C=O) groups excluding carboxylic acids is 2. The summed E-state index contributed by atoms with van der Waals surface area (Å²) in [6.45, 7) is 1.37. The molecule has 2 N–H and O–H groups in total. The van der Waals surface area contributed by atoms with Crippen molar-refractivity contribution in [1.29, 1.82) is 0 Å².